The fourth-order valence-electron chi connectivity index (χ4n) is 4.39. The van der Waals surface area contributed by atoms with Crippen molar-refractivity contribution in [1.82, 2.24) is 25.1 Å². The Morgan fingerprint density at radius 2 is 1.97 bits per heavy atom. The lowest BCUT2D eigenvalue weighted by molar-refractivity contribution is -0.384. The predicted molar refractivity (Wildman–Crippen MR) is 139 cm³/mol. The summed E-state index contributed by atoms with van der Waals surface area (Å²) < 4.78 is 12.2. The van der Waals surface area contributed by atoms with Gasteiger partial charge in [-0.15, -0.1) is 5.10 Å². The van der Waals surface area contributed by atoms with Gasteiger partial charge in [0.2, 0.25) is 11.8 Å². The number of halogens is 2. The van der Waals surface area contributed by atoms with Crippen LogP contribution in [0.4, 0.5) is 17.5 Å². The number of benzene rings is 1. The first kappa shape index (κ1) is 25.1. The number of rotatable bonds is 8. The minimum absolute atomic E-state index is 0.0271. The maximum Gasteiger partial charge on any atom is 0.331 e. The molecule has 3 heterocycles. The number of methoxy groups -OCH3 is 2. The van der Waals surface area contributed by atoms with Gasteiger partial charge < -0.3 is 25.8 Å². The standard InChI is InChI=1S/C23H24Cl2N8O4/c1-32-10-14(33(34)35)21(31-32)29-22-27-9-12-6-13(30-23(26,20(12)28-22)8-11-4-5-11)17-18(24)15(36-2)7-16(37-3)19(17)25/h6-7,9-11,30H,4-5,8,26H2,1-3H3,(H,27,28,29,31). The summed E-state index contributed by atoms with van der Waals surface area (Å²) in [6.07, 6.45) is 7.39. The third-order valence-corrected chi connectivity index (χ3v) is 7.03. The van der Waals surface area contributed by atoms with E-state index in [0.29, 0.717) is 56.4 Å². The van der Waals surface area contributed by atoms with Crippen LogP contribution in [0.25, 0.3) is 11.8 Å². The minimum atomic E-state index is -1.10. The smallest absolute Gasteiger partial charge is 0.331 e. The fourth-order valence-corrected chi connectivity index (χ4v) is 5.10. The molecule has 1 fully saturated rings. The topological polar surface area (TPSA) is 155 Å². The molecule has 1 saturated carbocycles. The first-order chi connectivity index (χ1) is 17.6. The Bertz CT molecular complexity index is 1410. The second-order valence-corrected chi connectivity index (χ2v) is 9.76. The Kier molecular flexibility index (Phi) is 6.34. The molecule has 2 aliphatic rings. The number of aromatic nitrogens is 4. The number of anilines is 2. The maximum absolute atomic E-state index is 11.4. The normalized spacial score (nSPS) is 18.5. The number of fused-ring (bicyclic) bond motifs is 1. The average molecular weight is 547 g/mol. The summed E-state index contributed by atoms with van der Waals surface area (Å²) in [7, 11) is 4.60. The molecule has 2 aromatic heterocycles. The first-order valence-electron chi connectivity index (χ1n) is 11.3. The Labute approximate surface area is 221 Å². The number of aryl methyl sites for hydroxylation is 1. The second-order valence-electron chi connectivity index (χ2n) is 9.00. The summed E-state index contributed by atoms with van der Waals surface area (Å²) in [5.74, 6) is 1.36. The Morgan fingerprint density at radius 3 is 2.57 bits per heavy atom. The van der Waals surface area contributed by atoms with Crippen molar-refractivity contribution >= 4 is 52.4 Å². The van der Waals surface area contributed by atoms with Crippen LogP contribution < -0.4 is 25.8 Å². The highest BCUT2D eigenvalue weighted by Gasteiger charge is 2.41. The number of nitrogens with one attached hydrogen (secondary N) is 2. The number of hydrogen-bond acceptors (Lipinski definition) is 10. The fraction of sp³-hybridized carbons (Fsp3) is 0.348. The summed E-state index contributed by atoms with van der Waals surface area (Å²) in [6, 6.07) is 1.61. The van der Waals surface area contributed by atoms with Crippen LogP contribution >= 0.6 is 23.2 Å². The molecule has 1 aliphatic heterocycles. The number of ether oxygens (including phenoxy) is 2. The van der Waals surface area contributed by atoms with Crippen LogP contribution in [0, 0.1) is 16.0 Å². The van der Waals surface area contributed by atoms with Crippen molar-refractivity contribution in [2.45, 2.75) is 24.9 Å². The van der Waals surface area contributed by atoms with Gasteiger partial charge >= 0.3 is 5.69 Å². The molecule has 0 amide bonds. The Balaban J connectivity index is 1.61. The molecule has 14 heteroatoms. The Hall–Kier alpha value is -3.61. The van der Waals surface area contributed by atoms with Gasteiger partial charge in [-0.1, -0.05) is 36.0 Å². The van der Waals surface area contributed by atoms with E-state index < -0.39 is 10.6 Å². The summed E-state index contributed by atoms with van der Waals surface area (Å²) in [6.45, 7) is 0. The molecule has 194 valence electrons. The van der Waals surface area contributed by atoms with Crippen molar-refractivity contribution in [3.05, 3.63) is 55.4 Å². The molecule has 1 aliphatic carbocycles. The van der Waals surface area contributed by atoms with Gasteiger partial charge in [-0.05, 0) is 18.4 Å². The third-order valence-electron chi connectivity index (χ3n) is 6.28. The molecule has 12 nitrogen and oxygen atoms in total. The molecule has 1 unspecified atom stereocenters. The van der Waals surface area contributed by atoms with E-state index in [0.717, 1.165) is 12.8 Å². The van der Waals surface area contributed by atoms with Crippen LogP contribution in [0.3, 0.4) is 0 Å². The molecule has 3 aromatic rings. The van der Waals surface area contributed by atoms with Gasteiger partial charge in [0.15, 0.2) is 0 Å². The highest BCUT2D eigenvalue weighted by atomic mass is 35.5. The molecule has 0 bridgehead atoms. The van der Waals surface area contributed by atoms with E-state index in [2.05, 4.69) is 25.7 Å². The van der Waals surface area contributed by atoms with Crippen LogP contribution in [0.5, 0.6) is 11.5 Å². The van der Waals surface area contributed by atoms with Crippen molar-refractivity contribution in [3.63, 3.8) is 0 Å². The van der Waals surface area contributed by atoms with Gasteiger partial charge in [-0.2, -0.15) is 0 Å². The number of nitro groups is 1. The zero-order chi connectivity index (χ0) is 26.5. The van der Waals surface area contributed by atoms with Crippen molar-refractivity contribution in [3.8, 4) is 11.5 Å². The highest BCUT2D eigenvalue weighted by molar-refractivity contribution is 6.39. The van der Waals surface area contributed by atoms with Crippen LogP contribution in [0.2, 0.25) is 10.0 Å². The third kappa shape index (κ3) is 4.63. The van der Waals surface area contributed by atoms with Crippen LogP contribution in [-0.2, 0) is 12.7 Å². The monoisotopic (exact) mass is 546 g/mol. The quantitative estimate of drug-likeness (QED) is 0.276. The molecule has 0 saturated heterocycles. The van der Waals surface area contributed by atoms with Crippen molar-refractivity contribution in [2.24, 2.45) is 18.7 Å². The predicted octanol–water partition coefficient (Wildman–Crippen LogP) is 4.20. The van der Waals surface area contributed by atoms with Crippen LogP contribution in [0.1, 0.15) is 36.1 Å². The summed E-state index contributed by atoms with van der Waals surface area (Å²) in [5, 5.41) is 22.3. The molecule has 5 rings (SSSR count). The molecule has 0 radical (unpaired) electrons. The van der Waals surface area contributed by atoms with Crippen molar-refractivity contribution in [1.29, 1.82) is 0 Å². The van der Waals surface area contributed by atoms with E-state index in [1.807, 2.05) is 0 Å². The SMILES string of the molecule is COc1cc(OC)c(Cl)c(C2=Cc3cnc(Nc4nn(C)cc4[N+](=O)[O-])nc3C(N)(CC3CC3)N2)c1Cl. The van der Waals surface area contributed by atoms with Gasteiger partial charge in [-0.3, -0.25) is 14.8 Å². The van der Waals surface area contributed by atoms with Gasteiger partial charge in [-0.25, -0.2) is 9.97 Å². The molecule has 0 spiro atoms. The van der Waals surface area contributed by atoms with Gasteiger partial charge in [0.1, 0.15) is 23.4 Å². The number of nitrogens with two attached hydrogens (primary N) is 1. The van der Waals surface area contributed by atoms with E-state index in [-0.39, 0.29) is 17.5 Å². The van der Waals surface area contributed by atoms with E-state index in [4.69, 9.17) is 38.4 Å². The molecule has 1 atom stereocenters. The molecule has 37 heavy (non-hydrogen) atoms. The van der Waals surface area contributed by atoms with Gasteiger partial charge in [0.25, 0.3) is 0 Å². The zero-order valence-corrected chi connectivity index (χ0v) is 21.7. The van der Waals surface area contributed by atoms with E-state index in [1.54, 1.807) is 25.4 Å². The average Bonchev–Trinajstić information content (AvgIpc) is 3.58. The maximum atomic E-state index is 11.4. The molecule has 1 aromatic carbocycles. The minimum Gasteiger partial charge on any atom is -0.495 e. The Morgan fingerprint density at radius 1 is 1.30 bits per heavy atom. The summed E-state index contributed by atoms with van der Waals surface area (Å²) in [4.78, 5) is 19.9. The first-order valence-corrected chi connectivity index (χ1v) is 12.1. The lowest BCUT2D eigenvalue weighted by atomic mass is 9.90. The summed E-state index contributed by atoms with van der Waals surface area (Å²) in [5.41, 5.74) is 7.89. The van der Waals surface area contributed by atoms with E-state index in [9.17, 15) is 10.1 Å². The molecule has 4 N–H and O–H groups in total. The molecular formula is C23H24Cl2N8O4. The van der Waals surface area contributed by atoms with Crippen LogP contribution in [-0.4, -0.2) is 38.9 Å². The van der Waals surface area contributed by atoms with Crippen LogP contribution in [0.15, 0.2) is 18.5 Å². The van der Waals surface area contributed by atoms with E-state index in [1.165, 1.54) is 25.1 Å². The van der Waals surface area contributed by atoms with Gasteiger partial charge in [0, 0.05) is 36.1 Å². The van der Waals surface area contributed by atoms with Crippen molar-refractivity contribution < 1.29 is 14.4 Å². The summed E-state index contributed by atoms with van der Waals surface area (Å²) >= 11 is 13.4. The lowest BCUT2D eigenvalue weighted by Gasteiger charge is -2.37. The van der Waals surface area contributed by atoms with E-state index >= 15 is 0 Å². The second kappa shape index (κ2) is 9.36. The number of nitrogens with zero attached hydrogens (tertiary/aromatic N) is 5. The number of hydrogen-bond donors (Lipinski definition) is 3. The largest absolute Gasteiger partial charge is 0.495 e. The zero-order valence-electron chi connectivity index (χ0n) is 20.2. The van der Waals surface area contributed by atoms with Crippen molar-refractivity contribution in [2.75, 3.05) is 19.5 Å². The lowest BCUT2D eigenvalue weighted by Crippen LogP contribution is -2.52. The highest BCUT2D eigenvalue weighted by Crippen LogP contribution is 2.47. The van der Waals surface area contributed by atoms with Gasteiger partial charge in [0.05, 0.1) is 34.9 Å². The molecular weight excluding hydrogens is 523 g/mol.